The number of hydrogen-bond acceptors (Lipinski definition) is 3. The fraction of sp³-hybridized carbons (Fsp3) is 0.263. The Morgan fingerprint density at radius 3 is 2.17 bits per heavy atom. The highest BCUT2D eigenvalue weighted by Gasteiger charge is 2.65. The first-order valence-corrected chi connectivity index (χ1v) is 9.53. The quantitative estimate of drug-likeness (QED) is 0.311. The molecule has 0 amide bonds. The summed E-state index contributed by atoms with van der Waals surface area (Å²) in [5.74, 6) is -12.3. The van der Waals surface area contributed by atoms with Gasteiger partial charge in [-0.15, -0.1) is 6.58 Å². The van der Waals surface area contributed by atoms with Gasteiger partial charge in [0.2, 0.25) is 0 Å². The predicted molar refractivity (Wildman–Crippen MR) is 94.2 cm³/mol. The lowest BCUT2D eigenvalue weighted by molar-refractivity contribution is -0.270. The molecule has 0 bridgehead atoms. The molecule has 0 aliphatic heterocycles. The van der Waals surface area contributed by atoms with Gasteiger partial charge in [0.25, 0.3) is 0 Å². The van der Waals surface area contributed by atoms with Crippen LogP contribution in [-0.2, 0) is 22.5 Å². The van der Waals surface area contributed by atoms with E-state index in [1.807, 2.05) is 0 Å². The molecule has 0 fully saturated rings. The first-order valence-electron chi connectivity index (χ1n) is 8.12. The molecule has 0 aliphatic carbocycles. The first-order chi connectivity index (χ1) is 13.3. The highest BCUT2D eigenvalue weighted by atomic mass is 32.2. The van der Waals surface area contributed by atoms with Crippen LogP contribution in [0.2, 0.25) is 0 Å². The largest absolute Gasteiger partial charge is 0.378 e. The van der Waals surface area contributed by atoms with Gasteiger partial charge in [-0.05, 0) is 31.5 Å². The zero-order chi connectivity index (χ0) is 22.0. The van der Waals surface area contributed by atoms with E-state index in [1.165, 1.54) is 18.2 Å². The van der Waals surface area contributed by atoms with Gasteiger partial charge in [-0.2, -0.15) is 26.0 Å². The number of alkyl halides is 6. The molecule has 29 heavy (non-hydrogen) atoms. The van der Waals surface area contributed by atoms with E-state index in [2.05, 4.69) is 6.58 Å². The van der Waals surface area contributed by atoms with Gasteiger partial charge in [0, 0.05) is 5.56 Å². The molecule has 0 spiro atoms. The normalized spacial score (nSPS) is 12.8. The van der Waals surface area contributed by atoms with Gasteiger partial charge >= 0.3 is 28.4 Å². The van der Waals surface area contributed by atoms with Gasteiger partial charge in [0.1, 0.15) is 4.90 Å². The van der Waals surface area contributed by atoms with Crippen molar-refractivity contribution in [1.82, 2.24) is 0 Å². The van der Waals surface area contributed by atoms with Crippen LogP contribution in [0.5, 0.6) is 5.75 Å². The zero-order valence-electron chi connectivity index (χ0n) is 15.0. The van der Waals surface area contributed by atoms with Crippen molar-refractivity contribution >= 4 is 10.1 Å². The molecule has 0 atom stereocenters. The molecule has 0 saturated carbocycles. The van der Waals surface area contributed by atoms with Crippen molar-refractivity contribution in [3.63, 3.8) is 0 Å². The van der Waals surface area contributed by atoms with Gasteiger partial charge in [-0.1, -0.05) is 35.9 Å². The molecule has 10 heteroatoms. The van der Waals surface area contributed by atoms with E-state index in [-0.39, 0.29) is 12.0 Å². The van der Waals surface area contributed by atoms with Crippen molar-refractivity contribution in [3.05, 3.63) is 71.8 Å². The summed E-state index contributed by atoms with van der Waals surface area (Å²) in [6.45, 7) is 5.04. The van der Waals surface area contributed by atoms with Crippen LogP contribution in [0.15, 0.2) is 60.0 Å². The summed E-state index contributed by atoms with van der Waals surface area (Å²) in [5.41, 5.74) is -1.21. The Bertz CT molecular complexity index is 986. The molecule has 2 rings (SSSR count). The Morgan fingerprint density at radius 2 is 1.66 bits per heavy atom. The monoisotopic (exact) mass is 438 g/mol. The maximum Gasteiger partial charge on any atom is 0.373 e. The number of aryl methyl sites for hydroxylation is 1. The van der Waals surface area contributed by atoms with E-state index >= 15 is 0 Å². The SMILES string of the molecule is C=CCc1cccc(C(F)(F)C(F)(F)C(F)F)c1OS(=O)(=O)c1ccc(C)cc1. The van der Waals surface area contributed by atoms with Gasteiger partial charge < -0.3 is 4.18 Å². The van der Waals surface area contributed by atoms with Crippen molar-refractivity contribution in [2.75, 3.05) is 0 Å². The van der Waals surface area contributed by atoms with Crippen LogP contribution in [0.25, 0.3) is 0 Å². The molecule has 0 aliphatic rings. The number of allylic oxidation sites excluding steroid dienone is 1. The Kier molecular flexibility index (Phi) is 6.36. The van der Waals surface area contributed by atoms with Crippen molar-refractivity contribution in [2.24, 2.45) is 0 Å². The molecule has 0 N–H and O–H groups in total. The first kappa shape index (κ1) is 22.8. The van der Waals surface area contributed by atoms with Gasteiger partial charge in [0.15, 0.2) is 5.75 Å². The van der Waals surface area contributed by atoms with Crippen LogP contribution in [-0.4, -0.2) is 20.8 Å². The molecule has 0 saturated heterocycles. The average molecular weight is 438 g/mol. The summed E-state index contributed by atoms with van der Waals surface area (Å²) < 4.78 is 111. The van der Waals surface area contributed by atoms with Crippen molar-refractivity contribution in [3.8, 4) is 5.75 Å². The molecular formula is C19H16F6O3S. The predicted octanol–water partition coefficient (Wildman–Crippen LogP) is 5.48. The van der Waals surface area contributed by atoms with E-state index in [0.717, 1.165) is 24.3 Å². The summed E-state index contributed by atoms with van der Waals surface area (Å²) >= 11 is 0. The Morgan fingerprint density at radius 1 is 1.07 bits per heavy atom. The lowest BCUT2D eigenvalue weighted by atomic mass is 9.97. The van der Waals surface area contributed by atoms with E-state index in [4.69, 9.17) is 4.18 Å². The van der Waals surface area contributed by atoms with Crippen molar-refractivity contribution in [2.45, 2.75) is 36.5 Å². The summed E-state index contributed by atoms with van der Waals surface area (Å²) in [5, 5.41) is 0. The molecule has 0 heterocycles. The topological polar surface area (TPSA) is 43.4 Å². The maximum atomic E-state index is 14.4. The fourth-order valence-corrected chi connectivity index (χ4v) is 3.41. The molecule has 0 radical (unpaired) electrons. The number of rotatable bonds is 8. The summed E-state index contributed by atoms with van der Waals surface area (Å²) in [6, 6.07) is 7.55. The van der Waals surface area contributed by atoms with Crippen LogP contribution in [0.3, 0.4) is 0 Å². The smallest absolute Gasteiger partial charge is 0.373 e. The summed E-state index contributed by atoms with van der Waals surface area (Å²) in [6.07, 6.45) is -3.74. The van der Waals surface area contributed by atoms with Crippen LogP contribution in [0.1, 0.15) is 16.7 Å². The summed E-state index contributed by atoms with van der Waals surface area (Å²) in [4.78, 5) is -0.425. The van der Waals surface area contributed by atoms with Crippen molar-refractivity contribution in [1.29, 1.82) is 0 Å². The number of benzene rings is 2. The molecule has 0 aromatic heterocycles. The third kappa shape index (κ3) is 4.42. The van der Waals surface area contributed by atoms with Crippen molar-refractivity contribution < 1.29 is 38.9 Å². The van der Waals surface area contributed by atoms with Gasteiger partial charge in [-0.25, -0.2) is 8.78 Å². The third-order valence-electron chi connectivity index (χ3n) is 3.99. The van der Waals surface area contributed by atoms with E-state index in [9.17, 15) is 34.8 Å². The third-order valence-corrected chi connectivity index (χ3v) is 5.23. The minimum atomic E-state index is -5.76. The van der Waals surface area contributed by atoms with Crippen LogP contribution >= 0.6 is 0 Å². The second-order valence-corrected chi connectivity index (χ2v) is 7.68. The highest BCUT2D eigenvalue weighted by Crippen LogP contribution is 2.50. The molecule has 3 nitrogen and oxygen atoms in total. The fourth-order valence-electron chi connectivity index (χ4n) is 2.43. The average Bonchev–Trinajstić information content (AvgIpc) is 2.63. The lowest BCUT2D eigenvalue weighted by Crippen LogP contribution is -2.44. The second-order valence-electron chi connectivity index (χ2n) is 6.14. The molecule has 2 aromatic carbocycles. The summed E-state index contributed by atoms with van der Waals surface area (Å²) in [7, 11) is -4.72. The van der Waals surface area contributed by atoms with Gasteiger partial charge in [0.05, 0.1) is 5.56 Å². The van der Waals surface area contributed by atoms with Crippen LogP contribution in [0.4, 0.5) is 26.3 Å². The zero-order valence-corrected chi connectivity index (χ0v) is 15.8. The minimum Gasteiger partial charge on any atom is -0.378 e. The molecule has 0 unspecified atom stereocenters. The second kappa shape index (κ2) is 8.10. The van der Waals surface area contributed by atoms with Crippen LogP contribution < -0.4 is 4.18 Å². The molecular weight excluding hydrogens is 422 g/mol. The molecule has 2 aromatic rings. The van der Waals surface area contributed by atoms with E-state index in [0.29, 0.717) is 11.6 Å². The maximum absolute atomic E-state index is 14.4. The van der Waals surface area contributed by atoms with E-state index in [1.54, 1.807) is 6.92 Å². The Hall–Kier alpha value is -2.49. The highest BCUT2D eigenvalue weighted by molar-refractivity contribution is 7.87. The molecule has 158 valence electrons. The van der Waals surface area contributed by atoms with Gasteiger partial charge in [-0.3, -0.25) is 0 Å². The number of hydrogen-bond donors (Lipinski definition) is 0. The standard InChI is InChI=1S/C19H16F6O3S/c1-3-5-13-6-4-7-15(18(22,23)19(24,25)17(20)21)16(13)28-29(26,27)14-10-8-12(2)9-11-14/h3-4,6-11,17H,1,5H2,2H3. The Balaban J connectivity index is 2.66. The van der Waals surface area contributed by atoms with E-state index < -0.39 is 44.6 Å². The lowest BCUT2D eigenvalue weighted by Gasteiger charge is -2.28. The minimum absolute atomic E-state index is 0.233. The number of para-hydroxylation sites is 1. The number of halogens is 6. The van der Waals surface area contributed by atoms with Crippen LogP contribution in [0, 0.1) is 6.92 Å². The Labute approximate surface area is 163 Å².